The van der Waals surface area contributed by atoms with Crippen molar-refractivity contribution in [2.45, 2.75) is 40.2 Å². The number of allylic oxidation sites excluding steroid dienone is 1. The molecule has 1 heterocycles. The third kappa shape index (κ3) is 5.32. The highest BCUT2D eigenvalue weighted by molar-refractivity contribution is 6.68. The van der Waals surface area contributed by atoms with Crippen molar-refractivity contribution >= 4 is 35.6 Å². The molecule has 0 aliphatic carbocycles. The second-order valence-corrected chi connectivity index (χ2v) is 6.49. The Balaban J connectivity index is 3.27. The second-order valence-electron chi connectivity index (χ2n) is 6.10. The van der Waals surface area contributed by atoms with Gasteiger partial charge in [0.15, 0.2) is 5.82 Å². The van der Waals surface area contributed by atoms with Gasteiger partial charge in [0.05, 0.1) is 12.2 Å². The third-order valence-corrected chi connectivity index (χ3v) is 3.14. The zero-order valence-electron chi connectivity index (χ0n) is 15.3. The number of carbonyl (C=O) groups is 2. The topological polar surface area (TPSA) is 83.8 Å². The summed E-state index contributed by atoms with van der Waals surface area (Å²) in [6, 6.07) is 0. The van der Waals surface area contributed by atoms with Gasteiger partial charge in [-0.1, -0.05) is 11.6 Å². The molecule has 1 rings (SSSR count). The monoisotopic (exact) mass is 370 g/mol. The van der Waals surface area contributed by atoms with Crippen molar-refractivity contribution in [3.63, 3.8) is 0 Å². The lowest BCUT2D eigenvalue weighted by atomic mass is 10.2. The van der Waals surface area contributed by atoms with Crippen LogP contribution in [0.25, 0.3) is 0 Å². The van der Waals surface area contributed by atoms with Gasteiger partial charge < -0.3 is 9.47 Å². The molecule has 0 saturated heterocycles. The molecule has 0 saturated carbocycles. The molecule has 1 aliphatic rings. The summed E-state index contributed by atoms with van der Waals surface area (Å²) in [6.07, 6.45) is 0.800. The predicted octanol–water partition coefficient (Wildman–Crippen LogP) is 3.06. The lowest BCUT2D eigenvalue weighted by Gasteiger charge is -2.32. The first-order valence-electron chi connectivity index (χ1n) is 7.59. The van der Waals surface area contributed by atoms with E-state index in [4.69, 9.17) is 21.1 Å². The van der Waals surface area contributed by atoms with Gasteiger partial charge in [-0.3, -0.25) is 4.90 Å². The van der Waals surface area contributed by atoms with Gasteiger partial charge in [-0.25, -0.2) is 14.6 Å². The van der Waals surface area contributed by atoms with Gasteiger partial charge in [0.25, 0.3) is 0 Å². The van der Waals surface area contributed by atoms with Crippen LogP contribution in [-0.2, 0) is 14.3 Å². The molecule has 9 heteroatoms. The van der Waals surface area contributed by atoms with E-state index in [1.807, 2.05) is 0 Å². The molecule has 0 fully saturated rings. The summed E-state index contributed by atoms with van der Waals surface area (Å²) in [5.41, 5.74) is -0.500. The van der Waals surface area contributed by atoms with Crippen molar-refractivity contribution < 1.29 is 19.1 Å². The highest BCUT2D eigenvalue weighted by Gasteiger charge is 2.30. The fourth-order valence-electron chi connectivity index (χ4n) is 1.83. The Labute approximate surface area is 152 Å². The van der Waals surface area contributed by atoms with Gasteiger partial charge in [0, 0.05) is 19.8 Å². The van der Waals surface area contributed by atoms with Crippen molar-refractivity contribution in [2.24, 2.45) is 10.1 Å². The second kappa shape index (κ2) is 8.15. The number of rotatable bonds is 4. The molecular formula is C16H23ClN4O4. The van der Waals surface area contributed by atoms with Crippen LogP contribution in [0.2, 0.25) is 0 Å². The Bertz CT molecular complexity index is 662. The normalized spacial score (nSPS) is 16.5. The van der Waals surface area contributed by atoms with E-state index >= 15 is 0 Å². The Hall–Kier alpha value is -2.35. The number of nitrogens with zero attached hydrogens (tertiary/aromatic N) is 4. The van der Waals surface area contributed by atoms with E-state index in [-0.39, 0.29) is 29.0 Å². The molecule has 0 aromatic carbocycles. The lowest BCUT2D eigenvalue weighted by Crippen LogP contribution is -2.39. The summed E-state index contributed by atoms with van der Waals surface area (Å²) in [5, 5.41) is 5.14. The van der Waals surface area contributed by atoms with Gasteiger partial charge in [0.1, 0.15) is 16.6 Å². The number of amides is 1. The predicted molar refractivity (Wildman–Crippen MR) is 96.1 cm³/mol. The minimum atomic E-state index is -0.676. The quantitative estimate of drug-likeness (QED) is 0.431. The summed E-state index contributed by atoms with van der Waals surface area (Å²) in [5.74, 6) is -0.213. The lowest BCUT2D eigenvalue weighted by molar-refractivity contribution is -0.138. The van der Waals surface area contributed by atoms with Crippen LogP contribution in [0.1, 0.15) is 34.6 Å². The smallest absolute Gasteiger partial charge is 0.415 e. The zero-order chi connectivity index (χ0) is 19.4. The van der Waals surface area contributed by atoms with Crippen molar-refractivity contribution in [2.75, 3.05) is 13.7 Å². The maximum Gasteiger partial charge on any atom is 0.415 e. The molecule has 1 amide bonds. The molecule has 138 valence electrons. The average molecular weight is 371 g/mol. The average Bonchev–Trinajstić information content (AvgIpc) is 2.51. The maximum absolute atomic E-state index is 12.3. The van der Waals surface area contributed by atoms with E-state index in [9.17, 15) is 9.59 Å². The molecule has 0 N–H and O–H groups in total. The number of halogens is 1. The third-order valence-electron chi connectivity index (χ3n) is 2.95. The summed E-state index contributed by atoms with van der Waals surface area (Å²) in [7, 11) is 1.49. The zero-order valence-corrected chi connectivity index (χ0v) is 16.0. The molecule has 25 heavy (non-hydrogen) atoms. The van der Waals surface area contributed by atoms with Crippen LogP contribution in [0.3, 0.4) is 0 Å². The standard InChI is InChI=1S/C16H23ClN4O4/c1-8-24-14(22)10(2)13-19-11(17)9-12(21(13)18-6)20(7)15(23)25-16(3,4)5/h9H,6,8H2,1-5,7H3/b13-10+. The van der Waals surface area contributed by atoms with Gasteiger partial charge in [0.2, 0.25) is 0 Å². The van der Waals surface area contributed by atoms with Gasteiger partial charge in [-0.05, 0) is 34.6 Å². The van der Waals surface area contributed by atoms with Crippen LogP contribution in [0, 0.1) is 0 Å². The molecular weight excluding hydrogens is 348 g/mol. The van der Waals surface area contributed by atoms with Crippen molar-refractivity contribution in [1.29, 1.82) is 0 Å². The van der Waals surface area contributed by atoms with Crippen molar-refractivity contribution in [3.8, 4) is 0 Å². The van der Waals surface area contributed by atoms with E-state index < -0.39 is 17.7 Å². The first-order valence-corrected chi connectivity index (χ1v) is 7.97. The number of hydrogen-bond acceptors (Lipinski definition) is 7. The minimum Gasteiger partial charge on any atom is -0.463 e. The van der Waals surface area contributed by atoms with Crippen molar-refractivity contribution in [1.82, 2.24) is 9.91 Å². The highest BCUT2D eigenvalue weighted by atomic mass is 35.5. The Morgan fingerprint density at radius 2 is 2.04 bits per heavy atom. The number of aliphatic imine (C=N–C) groups is 1. The summed E-state index contributed by atoms with van der Waals surface area (Å²) in [4.78, 5) is 29.6. The minimum absolute atomic E-state index is 0.0731. The van der Waals surface area contributed by atoms with Gasteiger partial charge in [-0.15, -0.1) is 0 Å². The molecule has 1 aliphatic heterocycles. The van der Waals surface area contributed by atoms with Crippen molar-refractivity contribution in [3.05, 3.63) is 23.3 Å². The Morgan fingerprint density at radius 1 is 1.44 bits per heavy atom. The molecule has 0 unspecified atom stereocenters. The van der Waals surface area contributed by atoms with E-state index in [2.05, 4.69) is 16.8 Å². The number of ether oxygens (including phenoxy) is 2. The molecule has 0 aromatic rings. The van der Waals surface area contributed by atoms with E-state index in [1.54, 1.807) is 27.7 Å². The summed E-state index contributed by atoms with van der Waals surface area (Å²) < 4.78 is 10.3. The number of hydrazone groups is 1. The Morgan fingerprint density at radius 3 is 2.52 bits per heavy atom. The summed E-state index contributed by atoms with van der Waals surface area (Å²) in [6.45, 7) is 12.2. The van der Waals surface area contributed by atoms with E-state index in [0.29, 0.717) is 0 Å². The van der Waals surface area contributed by atoms with E-state index in [1.165, 1.54) is 30.0 Å². The van der Waals surface area contributed by atoms with Crippen LogP contribution in [-0.4, -0.2) is 53.1 Å². The van der Waals surface area contributed by atoms with Gasteiger partial charge in [-0.2, -0.15) is 10.1 Å². The maximum atomic E-state index is 12.3. The Kier molecular flexibility index (Phi) is 6.75. The number of carbonyl (C=O) groups excluding carboxylic acids is 2. The number of hydrogen-bond donors (Lipinski definition) is 0. The first-order chi connectivity index (χ1) is 11.5. The van der Waals surface area contributed by atoms with Crippen LogP contribution in [0.4, 0.5) is 4.79 Å². The van der Waals surface area contributed by atoms with E-state index in [0.717, 1.165) is 0 Å². The molecule has 0 aromatic heterocycles. The molecule has 0 bridgehead atoms. The van der Waals surface area contributed by atoms with Crippen LogP contribution >= 0.6 is 11.6 Å². The number of esters is 1. The SMILES string of the molecule is C=NN1C(N(C)C(=O)OC(C)(C)C)=CC(Cl)=N/C1=C(/C)C(=O)OCC. The fraction of sp³-hybridized carbons (Fsp3) is 0.500. The molecule has 0 spiro atoms. The largest absolute Gasteiger partial charge is 0.463 e. The highest BCUT2D eigenvalue weighted by Crippen LogP contribution is 2.27. The molecule has 0 atom stereocenters. The molecule has 8 nitrogen and oxygen atoms in total. The molecule has 0 radical (unpaired) electrons. The van der Waals surface area contributed by atoms with Crippen LogP contribution < -0.4 is 0 Å². The van der Waals surface area contributed by atoms with Crippen LogP contribution in [0.5, 0.6) is 0 Å². The first kappa shape index (κ1) is 20.7. The van der Waals surface area contributed by atoms with Crippen LogP contribution in [0.15, 0.2) is 33.4 Å². The fourth-order valence-corrected chi connectivity index (χ4v) is 2.01. The van der Waals surface area contributed by atoms with Gasteiger partial charge >= 0.3 is 12.1 Å². The summed E-state index contributed by atoms with van der Waals surface area (Å²) >= 11 is 6.06.